The van der Waals surface area contributed by atoms with Crippen molar-refractivity contribution in [3.05, 3.63) is 113 Å². The molecule has 1 fully saturated rings. The number of halogens is 3. The first-order chi connectivity index (χ1) is 23.8. The van der Waals surface area contributed by atoms with Crippen LogP contribution in [0.1, 0.15) is 72.6 Å². The van der Waals surface area contributed by atoms with Crippen LogP contribution in [-0.2, 0) is 11.6 Å². The van der Waals surface area contributed by atoms with E-state index in [1.54, 1.807) is 65.3 Å². The number of oxazole rings is 1. The van der Waals surface area contributed by atoms with Gasteiger partial charge in [-0.3, -0.25) is 10.1 Å². The quantitative estimate of drug-likeness (QED) is 0.141. The van der Waals surface area contributed by atoms with E-state index in [1.807, 2.05) is 52.0 Å². The van der Waals surface area contributed by atoms with E-state index in [1.165, 1.54) is 0 Å². The Morgan fingerprint density at radius 1 is 0.920 bits per heavy atom. The number of urea groups is 1. The number of rotatable bonds is 8. The molecule has 9 nitrogen and oxygen atoms in total. The molecule has 12 heteroatoms. The number of nitrogens with one attached hydrogen (secondary N) is 3. The van der Waals surface area contributed by atoms with Crippen molar-refractivity contribution >= 4 is 23.3 Å². The molecule has 5 aromatic rings. The van der Waals surface area contributed by atoms with Gasteiger partial charge in [-0.15, -0.1) is 0 Å². The summed E-state index contributed by atoms with van der Waals surface area (Å²) in [6.07, 6.45) is -3.90. The lowest BCUT2D eigenvalue weighted by Gasteiger charge is -2.31. The highest BCUT2D eigenvalue weighted by Gasteiger charge is 2.45. The van der Waals surface area contributed by atoms with Crippen LogP contribution in [0.4, 0.5) is 29.5 Å². The topological polar surface area (TPSA) is 114 Å². The molecule has 3 heterocycles. The lowest BCUT2D eigenvalue weighted by atomic mass is 9.76. The number of carbonyl (C=O) groups excluding carboxylic acids is 2. The Bertz CT molecular complexity index is 1970. The molecular weight excluding hydrogens is 645 g/mol. The molecular formula is C38H39F3N6O3. The number of piperidine rings is 1. The van der Waals surface area contributed by atoms with E-state index in [0.717, 1.165) is 16.9 Å². The molecule has 3 aromatic carbocycles. The number of amides is 2. The van der Waals surface area contributed by atoms with Gasteiger partial charge in [-0.2, -0.15) is 18.3 Å². The SMILES string of the molecule is Cc1ccc(-n2nc(C(C)(C)C)cc2NC(=O)Nc2ccccc2C(C(=O)c2nc(-c3ccccc3)oc2C(F)(F)F)C2CCNCC2)cc1. The summed E-state index contributed by atoms with van der Waals surface area (Å²) in [5, 5.41) is 13.8. The van der Waals surface area contributed by atoms with Gasteiger partial charge in [0.05, 0.1) is 17.3 Å². The summed E-state index contributed by atoms with van der Waals surface area (Å²) in [6.45, 7) is 9.22. The van der Waals surface area contributed by atoms with E-state index in [9.17, 15) is 22.8 Å². The fourth-order valence-corrected chi connectivity index (χ4v) is 6.19. The average Bonchev–Trinajstić information content (AvgIpc) is 3.73. The number of alkyl halides is 3. The van der Waals surface area contributed by atoms with Gasteiger partial charge in [-0.1, -0.05) is 74.9 Å². The molecule has 0 spiro atoms. The zero-order chi connectivity index (χ0) is 35.6. The van der Waals surface area contributed by atoms with Crippen LogP contribution in [0.2, 0.25) is 0 Å². The largest absolute Gasteiger partial charge is 0.452 e. The van der Waals surface area contributed by atoms with Crippen molar-refractivity contribution in [1.29, 1.82) is 0 Å². The monoisotopic (exact) mass is 684 g/mol. The van der Waals surface area contributed by atoms with Gasteiger partial charge in [-0.05, 0) is 74.7 Å². The summed E-state index contributed by atoms with van der Waals surface area (Å²) in [7, 11) is 0. The van der Waals surface area contributed by atoms with E-state index in [2.05, 4.69) is 20.9 Å². The number of anilines is 2. The van der Waals surface area contributed by atoms with Gasteiger partial charge in [0.15, 0.2) is 11.5 Å². The molecule has 2 aromatic heterocycles. The van der Waals surface area contributed by atoms with Gasteiger partial charge in [0.1, 0.15) is 5.82 Å². The van der Waals surface area contributed by atoms with E-state index in [4.69, 9.17) is 9.52 Å². The van der Waals surface area contributed by atoms with Crippen LogP contribution in [0.25, 0.3) is 17.1 Å². The van der Waals surface area contributed by atoms with Crippen LogP contribution >= 0.6 is 0 Å². The number of carbonyl (C=O) groups is 2. The third-order valence-corrected chi connectivity index (χ3v) is 8.82. The van der Waals surface area contributed by atoms with E-state index in [0.29, 0.717) is 48.6 Å². The van der Waals surface area contributed by atoms with Crippen LogP contribution in [-0.4, -0.2) is 39.7 Å². The summed E-state index contributed by atoms with van der Waals surface area (Å²) in [4.78, 5) is 32.2. The molecule has 2 amide bonds. The Labute approximate surface area is 288 Å². The Balaban J connectivity index is 1.36. The van der Waals surface area contributed by atoms with Crippen LogP contribution in [0.3, 0.4) is 0 Å². The summed E-state index contributed by atoms with van der Waals surface area (Å²) in [6, 6.07) is 23.8. The number of nitrogens with zero attached hydrogens (tertiary/aromatic N) is 3. The van der Waals surface area contributed by atoms with Gasteiger partial charge in [0.25, 0.3) is 0 Å². The van der Waals surface area contributed by atoms with Gasteiger partial charge < -0.3 is 15.1 Å². The number of Topliss-reactive ketones (excluding diaryl/α,β-unsaturated/α-hetero) is 1. The van der Waals surface area contributed by atoms with Gasteiger partial charge in [0.2, 0.25) is 11.7 Å². The Kier molecular flexibility index (Phi) is 9.66. The lowest BCUT2D eigenvalue weighted by molar-refractivity contribution is -0.153. The fourth-order valence-electron chi connectivity index (χ4n) is 6.19. The standard InChI is InChI=1S/C38H39F3N6O3/c1-23-14-16-26(17-15-23)47-30(22-29(46-47)37(2,3)4)44-36(49)43-28-13-9-8-12-27(28)31(24-18-20-42-21-19-24)33(48)32-34(38(39,40)41)50-35(45-32)25-10-6-5-7-11-25/h5-17,22,24,31,42H,18-21H2,1-4H3,(H2,43,44,49). The van der Waals surface area contributed by atoms with Gasteiger partial charge in [0, 0.05) is 22.7 Å². The van der Waals surface area contributed by atoms with E-state index in [-0.39, 0.29) is 17.2 Å². The highest BCUT2D eigenvalue weighted by Crippen LogP contribution is 2.42. The fraction of sp³-hybridized carbons (Fsp3) is 0.316. The first-order valence-corrected chi connectivity index (χ1v) is 16.5. The molecule has 260 valence electrons. The highest BCUT2D eigenvalue weighted by molar-refractivity contribution is 6.04. The molecule has 1 saturated heterocycles. The van der Waals surface area contributed by atoms with E-state index >= 15 is 0 Å². The van der Waals surface area contributed by atoms with E-state index < -0.39 is 35.4 Å². The Morgan fingerprint density at radius 3 is 2.24 bits per heavy atom. The lowest BCUT2D eigenvalue weighted by Crippen LogP contribution is -2.35. The normalized spacial score (nSPS) is 14.7. The first kappa shape index (κ1) is 34.6. The minimum Gasteiger partial charge on any atom is -0.431 e. The minimum atomic E-state index is -4.96. The molecule has 1 atom stereocenters. The molecule has 0 bridgehead atoms. The van der Waals surface area contributed by atoms with Crippen molar-refractivity contribution in [3.63, 3.8) is 0 Å². The molecule has 0 saturated carbocycles. The number of hydrogen-bond donors (Lipinski definition) is 3. The number of aryl methyl sites for hydroxylation is 1. The summed E-state index contributed by atoms with van der Waals surface area (Å²) >= 11 is 0. The van der Waals surface area contributed by atoms with Crippen molar-refractivity contribution < 1.29 is 27.2 Å². The molecule has 1 unspecified atom stereocenters. The molecule has 6 rings (SSSR count). The zero-order valence-corrected chi connectivity index (χ0v) is 28.3. The molecule has 1 aliphatic heterocycles. The van der Waals surface area contributed by atoms with Crippen molar-refractivity contribution in [2.75, 3.05) is 23.7 Å². The van der Waals surface area contributed by atoms with Gasteiger partial charge in [-0.25, -0.2) is 14.5 Å². The van der Waals surface area contributed by atoms with Crippen LogP contribution < -0.4 is 16.0 Å². The number of hydrogen-bond acceptors (Lipinski definition) is 6. The maximum Gasteiger partial charge on any atom is 0.452 e. The second-order valence-electron chi connectivity index (χ2n) is 13.6. The first-order valence-electron chi connectivity index (χ1n) is 16.5. The Hall–Kier alpha value is -5.23. The predicted octanol–water partition coefficient (Wildman–Crippen LogP) is 8.76. The maximum absolute atomic E-state index is 14.4. The van der Waals surface area contributed by atoms with Gasteiger partial charge >= 0.3 is 12.2 Å². The summed E-state index contributed by atoms with van der Waals surface area (Å²) in [5.41, 5.74) is 2.48. The predicted molar refractivity (Wildman–Crippen MR) is 186 cm³/mol. The third kappa shape index (κ3) is 7.50. The van der Waals surface area contributed by atoms with Crippen molar-refractivity contribution in [1.82, 2.24) is 20.1 Å². The minimum absolute atomic E-state index is 0.291. The molecule has 50 heavy (non-hydrogen) atoms. The second-order valence-corrected chi connectivity index (χ2v) is 13.6. The number of ketones is 1. The Morgan fingerprint density at radius 2 is 1.58 bits per heavy atom. The van der Waals surface area contributed by atoms with Crippen LogP contribution in [0, 0.1) is 12.8 Å². The summed E-state index contributed by atoms with van der Waals surface area (Å²) < 4.78 is 50.1. The summed E-state index contributed by atoms with van der Waals surface area (Å²) in [5.74, 6) is -3.51. The van der Waals surface area contributed by atoms with Crippen molar-refractivity contribution in [2.45, 2.75) is 58.0 Å². The number of benzene rings is 3. The zero-order valence-electron chi connectivity index (χ0n) is 28.3. The maximum atomic E-state index is 14.4. The molecule has 0 radical (unpaired) electrons. The highest BCUT2D eigenvalue weighted by atomic mass is 19.4. The number of para-hydroxylation sites is 1. The number of aromatic nitrogens is 3. The van der Waals surface area contributed by atoms with Crippen molar-refractivity contribution in [3.8, 4) is 17.1 Å². The second kappa shape index (κ2) is 13.9. The van der Waals surface area contributed by atoms with Crippen LogP contribution in [0.5, 0.6) is 0 Å². The molecule has 1 aliphatic rings. The van der Waals surface area contributed by atoms with Crippen LogP contribution in [0.15, 0.2) is 89.3 Å². The average molecular weight is 685 g/mol. The molecule has 0 aliphatic carbocycles. The molecule has 3 N–H and O–H groups in total. The van der Waals surface area contributed by atoms with Crippen molar-refractivity contribution in [2.24, 2.45) is 5.92 Å². The third-order valence-electron chi connectivity index (χ3n) is 8.82. The smallest absolute Gasteiger partial charge is 0.431 e.